The van der Waals surface area contributed by atoms with E-state index < -0.39 is 5.41 Å². The maximum Gasteiger partial charge on any atom is 0.276 e. The fourth-order valence-corrected chi connectivity index (χ4v) is 4.97. The normalized spacial score (nSPS) is 22.6. The summed E-state index contributed by atoms with van der Waals surface area (Å²) in [7, 11) is 0. The molecule has 0 bridgehead atoms. The van der Waals surface area contributed by atoms with E-state index in [0.29, 0.717) is 29.5 Å². The first kappa shape index (κ1) is 19.4. The first-order valence-electron chi connectivity index (χ1n) is 10.5. The first-order chi connectivity index (χ1) is 15.1. The first-order valence-corrected chi connectivity index (χ1v) is 10.5. The van der Waals surface area contributed by atoms with Crippen LogP contribution in [0.3, 0.4) is 0 Å². The van der Waals surface area contributed by atoms with E-state index in [1.165, 1.54) is 0 Å². The highest BCUT2D eigenvalue weighted by molar-refractivity contribution is 6.21. The van der Waals surface area contributed by atoms with Gasteiger partial charge in [-0.15, -0.1) is 0 Å². The van der Waals surface area contributed by atoms with Crippen molar-refractivity contribution in [1.82, 2.24) is 10.4 Å². The zero-order chi connectivity index (χ0) is 21.4. The van der Waals surface area contributed by atoms with Crippen LogP contribution in [0, 0.1) is 0 Å². The van der Waals surface area contributed by atoms with Gasteiger partial charge in [-0.2, -0.15) is 0 Å². The second kappa shape index (κ2) is 7.60. The van der Waals surface area contributed by atoms with Crippen molar-refractivity contribution in [2.45, 2.75) is 30.7 Å². The van der Waals surface area contributed by atoms with Gasteiger partial charge in [0.2, 0.25) is 0 Å². The van der Waals surface area contributed by atoms with E-state index in [1.54, 1.807) is 24.3 Å². The van der Waals surface area contributed by atoms with Crippen molar-refractivity contribution in [2.24, 2.45) is 0 Å². The van der Waals surface area contributed by atoms with Gasteiger partial charge in [-0.1, -0.05) is 79.2 Å². The van der Waals surface area contributed by atoms with Gasteiger partial charge in [-0.3, -0.25) is 14.4 Å². The largest absolute Gasteiger partial charge is 0.293 e. The SMILES string of the molecule is O=C1c2ccccc2C(=O)N1N[C@H]1CCC[C@]1(C(=O)c1ccccc1)c1ccccc1. The average Bonchev–Trinajstić information content (AvgIpc) is 3.36. The molecule has 1 aliphatic carbocycles. The van der Waals surface area contributed by atoms with Gasteiger partial charge in [0.05, 0.1) is 16.5 Å². The van der Waals surface area contributed by atoms with Crippen LogP contribution in [0.15, 0.2) is 84.9 Å². The highest BCUT2D eigenvalue weighted by Gasteiger charge is 2.52. The van der Waals surface area contributed by atoms with Crippen molar-refractivity contribution in [3.8, 4) is 0 Å². The van der Waals surface area contributed by atoms with E-state index >= 15 is 0 Å². The maximum atomic E-state index is 13.9. The topological polar surface area (TPSA) is 66.5 Å². The van der Waals surface area contributed by atoms with Crippen LogP contribution in [-0.2, 0) is 5.41 Å². The van der Waals surface area contributed by atoms with Gasteiger partial charge >= 0.3 is 0 Å². The maximum absolute atomic E-state index is 13.9. The Morgan fingerprint density at radius 3 is 1.97 bits per heavy atom. The molecule has 0 spiro atoms. The lowest BCUT2D eigenvalue weighted by molar-refractivity contribution is 0.0488. The average molecular weight is 410 g/mol. The van der Waals surface area contributed by atoms with Crippen LogP contribution in [-0.4, -0.2) is 28.6 Å². The number of imide groups is 1. The Balaban J connectivity index is 1.56. The molecule has 0 radical (unpaired) electrons. The number of nitrogens with zero attached hydrogens (tertiary/aromatic N) is 1. The van der Waals surface area contributed by atoms with Gasteiger partial charge in [0, 0.05) is 11.6 Å². The Morgan fingerprint density at radius 2 is 1.35 bits per heavy atom. The molecule has 2 amide bonds. The third kappa shape index (κ3) is 3.01. The van der Waals surface area contributed by atoms with Gasteiger partial charge < -0.3 is 0 Å². The third-order valence-electron chi connectivity index (χ3n) is 6.47. The number of amides is 2. The number of benzene rings is 3. The molecule has 1 fully saturated rings. The summed E-state index contributed by atoms with van der Waals surface area (Å²) in [6.07, 6.45) is 2.14. The summed E-state index contributed by atoms with van der Waals surface area (Å²) in [5.41, 5.74) is 4.61. The lowest BCUT2D eigenvalue weighted by Crippen LogP contribution is -2.57. The minimum absolute atomic E-state index is 0.00547. The monoisotopic (exact) mass is 410 g/mol. The van der Waals surface area contributed by atoms with Crippen LogP contribution in [0.1, 0.15) is 55.9 Å². The van der Waals surface area contributed by atoms with Crippen LogP contribution in [0.5, 0.6) is 0 Å². The zero-order valence-corrected chi connectivity index (χ0v) is 17.0. The Morgan fingerprint density at radius 1 is 0.806 bits per heavy atom. The number of hydrogen-bond donors (Lipinski definition) is 1. The predicted molar refractivity (Wildman–Crippen MR) is 117 cm³/mol. The summed E-state index contributed by atoms with van der Waals surface area (Å²) in [4.78, 5) is 39.8. The van der Waals surface area contributed by atoms with E-state index in [1.807, 2.05) is 60.7 Å². The van der Waals surface area contributed by atoms with Crippen LogP contribution in [0.2, 0.25) is 0 Å². The quantitative estimate of drug-likeness (QED) is 0.507. The summed E-state index contributed by atoms with van der Waals surface area (Å²) in [6, 6.07) is 25.4. The van der Waals surface area contributed by atoms with Gasteiger partial charge in [-0.25, -0.2) is 10.4 Å². The fourth-order valence-electron chi connectivity index (χ4n) is 4.97. The Bertz CT molecular complexity index is 1120. The molecule has 0 unspecified atom stereocenters. The van der Waals surface area contributed by atoms with Crippen LogP contribution >= 0.6 is 0 Å². The zero-order valence-electron chi connectivity index (χ0n) is 17.0. The molecule has 31 heavy (non-hydrogen) atoms. The second-order valence-corrected chi connectivity index (χ2v) is 8.10. The molecule has 0 saturated heterocycles. The standard InChI is InChI=1S/C26H22N2O3/c29-23(18-10-3-1-4-11-18)26(19-12-5-2-6-13-19)17-9-16-22(26)27-28-24(30)20-14-7-8-15-21(20)25(28)31/h1-8,10-15,22,27H,9,16-17H2/t22-,26-/m0/s1. The molecule has 3 aromatic carbocycles. The molecule has 5 rings (SSSR count). The number of hydrazine groups is 1. The lowest BCUT2D eigenvalue weighted by atomic mass is 9.70. The van der Waals surface area contributed by atoms with Crippen LogP contribution in [0.25, 0.3) is 0 Å². The van der Waals surface area contributed by atoms with Crippen molar-refractivity contribution < 1.29 is 14.4 Å². The smallest absolute Gasteiger partial charge is 0.276 e. The molecule has 1 aliphatic heterocycles. The summed E-state index contributed by atoms with van der Waals surface area (Å²) in [5.74, 6) is -0.742. The molecular formula is C26H22N2O3. The molecule has 2 atom stereocenters. The molecule has 5 heteroatoms. The van der Waals surface area contributed by atoms with Gasteiger partial charge in [0.15, 0.2) is 5.78 Å². The summed E-state index contributed by atoms with van der Waals surface area (Å²) in [6.45, 7) is 0. The van der Waals surface area contributed by atoms with E-state index in [-0.39, 0.29) is 23.6 Å². The van der Waals surface area contributed by atoms with Gasteiger partial charge in [-0.05, 0) is 30.5 Å². The van der Waals surface area contributed by atoms with E-state index in [9.17, 15) is 14.4 Å². The summed E-state index contributed by atoms with van der Waals surface area (Å²) < 4.78 is 0. The Hall–Kier alpha value is -3.57. The van der Waals surface area contributed by atoms with Crippen molar-refractivity contribution >= 4 is 17.6 Å². The number of carbonyl (C=O) groups is 3. The number of nitrogens with one attached hydrogen (secondary N) is 1. The van der Waals surface area contributed by atoms with Crippen molar-refractivity contribution in [1.29, 1.82) is 0 Å². The van der Waals surface area contributed by atoms with Crippen LogP contribution in [0.4, 0.5) is 0 Å². The number of hydrogen-bond acceptors (Lipinski definition) is 4. The highest BCUT2D eigenvalue weighted by atomic mass is 16.2. The Kier molecular flexibility index (Phi) is 4.75. The number of ketones is 1. The van der Waals surface area contributed by atoms with Gasteiger partial charge in [0.25, 0.3) is 11.8 Å². The third-order valence-corrected chi connectivity index (χ3v) is 6.47. The minimum atomic E-state index is -0.863. The summed E-state index contributed by atoms with van der Waals surface area (Å²) in [5, 5.41) is 1.09. The molecule has 1 heterocycles. The van der Waals surface area contributed by atoms with E-state index in [0.717, 1.165) is 17.0 Å². The van der Waals surface area contributed by atoms with E-state index in [4.69, 9.17) is 0 Å². The fraction of sp³-hybridized carbons (Fsp3) is 0.192. The van der Waals surface area contributed by atoms with E-state index in [2.05, 4.69) is 5.43 Å². The molecular weight excluding hydrogens is 388 g/mol. The summed E-state index contributed by atoms with van der Waals surface area (Å²) >= 11 is 0. The number of Topliss-reactive ketones (excluding diaryl/α,β-unsaturated/α-hetero) is 1. The molecule has 0 aromatic heterocycles. The molecule has 5 nitrogen and oxygen atoms in total. The van der Waals surface area contributed by atoms with Crippen molar-refractivity contribution in [2.75, 3.05) is 0 Å². The lowest BCUT2D eigenvalue weighted by Gasteiger charge is -2.37. The number of rotatable bonds is 5. The molecule has 3 aromatic rings. The minimum Gasteiger partial charge on any atom is -0.293 e. The molecule has 1 N–H and O–H groups in total. The molecule has 154 valence electrons. The second-order valence-electron chi connectivity index (χ2n) is 8.10. The van der Waals surface area contributed by atoms with Gasteiger partial charge in [0.1, 0.15) is 0 Å². The van der Waals surface area contributed by atoms with Crippen molar-refractivity contribution in [3.05, 3.63) is 107 Å². The van der Waals surface area contributed by atoms with Crippen molar-refractivity contribution in [3.63, 3.8) is 0 Å². The molecule has 1 saturated carbocycles. The number of carbonyl (C=O) groups excluding carboxylic acids is 3. The van der Waals surface area contributed by atoms with Crippen LogP contribution < -0.4 is 5.43 Å². The predicted octanol–water partition coefficient (Wildman–Crippen LogP) is 4.16. The Labute approximate surface area is 180 Å². The highest BCUT2D eigenvalue weighted by Crippen LogP contribution is 2.44. The molecule has 2 aliphatic rings. The number of fused-ring (bicyclic) bond motifs is 1.